The zero-order chi connectivity index (χ0) is 18.4. The van der Waals surface area contributed by atoms with Crippen LogP contribution in [0.3, 0.4) is 0 Å². The molecule has 0 radical (unpaired) electrons. The summed E-state index contributed by atoms with van der Waals surface area (Å²) in [7, 11) is 1.59. The Morgan fingerprint density at radius 1 is 1.00 bits per heavy atom. The van der Waals surface area contributed by atoms with Gasteiger partial charge in [-0.05, 0) is 30.3 Å². The third kappa shape index (κ3) is 4.18. The molecule has 1 N–H and O–H groups in total. The van der Waals surface area contributed by atoms with Gasteiger partial charge in [0.1, 0.15) is 24.7 Å². The number of rotatable bonds is 7. The van der Waals surface area contributed by atoms with E-state index in [1.165, 1.54) is 0 Å². The molecule has 7 heteroatoms. The highest BCUT2D eigenvalue weighted by molar-refractivity contribution is 5.86. The number of aromatic nitrogens is 2. The summed E-state index contributed by atoms with van der Waals surface area (Å²) in [5, 5.41) is 7.49. The molecule has 2 aromatic carbocycles. The molecule has 3 rings (SSSR count). The molecule has 0 aliphatic carbocycles. The number of hydrogen-bond donors (Lipinski definition) is 1. The van der Waals surface area contributed by atoms with E-state index in [1.807, 2.05) is 0 Å². The summed E-state index contributed by atoms with van der Waals surface area (Å²) < 4.78 is 15.7. The van der Waals surface area contributed by atoms with Crippen LogP contribution in [0.15, 0.2) is 53.3 Å². The number of hydrogen-bond acceptors (Lipinski definition) is 6. The van der Waals surface area contributed by atoms with Crippen LogP contribution in [0.25, 0.3) is 10.8 Å². The van der Waals surface area contributed by atoms with Crippen molar-refractivity contribution in [3.05, 3.63) is 64.6 Å². The van der Waals surface area contributed by atoms with E-state index < -0.39 is 5.97 Å². The number of esters is 1. The Bertz CT molecular complexity index is 950. The molecular formula is C19H18N2O5. The summed E-state index contributed by atoms with van der Waals surface area (Å²) in [6, 6.07) is 14.1. The van der Waals surface area contributed by atoms with E-state index in [1.54, 1.807) is 55.6 Å². The number of carbonyl (C=O) groups excluding carboxylic acids is 1. The molecule has 0 fully saturated rings. The number of carbonyl (C=O) groups is 1. The number of methoxy groups -OCH3 is 1. The van der Waals surface area contributed by atoms with E-state index >= 15 is 0 Å². The molecular weight excluding hydrogens is 336 g/mol. The Kier molecular flexibility index (Phi) is 5.48. The van der Waals surface area contributed by atoms with Crippen LogP contribution in [0.5, 0.6) is 11.5 Å². The molecule has 0 amide bonds. The quantitative estimate of drug-likeness (QED) is 0.516. The molecule has 7 nitrogen and oxygen atoms in total. The van der Waals surface area contributed by atoms with Crippen molar-refractivity contribution in [2.75, 3.05) is 20.3 Å². The Labute approximate surface area is 149 Å². The monoisotopic (exact) mass is 354 g/mol. The van der Waals surface area contributed by atoms with E-state index in [-0.39, 0.29) is 25.2 Å². The summed E-state index contributed by atoms with van der Waals surface area (Å²) in [6.07, 6.45) is -0.0279. The van der Waals surface area contributed by atoms with Crippen molar-refractivity contribution in [3.8, 4) is 11.5 Å². The average molecular weight is 354 g/mol. The minimum Gasteiger partial charge on any atom is -0.497 e. The fourth-order valence-electron chi connectivity index (χ4n) is 2.48. The van der Waals surface area contributed by atoms with E-state index in [2.05, 4.69) is 10.2 Å². The van der Waals surface area contributed by atoms with Gasteiger partial charge in [-0.1, -0.05) is 18.2 Å². The second-order valence-electron chi connectivity index (χ2n) is 5.47. The minimum absolute atomic E-state index is 0.0279. The molecule has 134 valence electrons. The van der Waals surface area contributed by atoms with Gasteiger partial charge in [-0.25, -0.2) is 5.10 Å². The van der Waals surface area contributed by atoms with E-state index in [0.717, 1.165) is 5.75 Å². The van der Waals surface area contributed by atoms with Gasteiger partial charge in [0.25, 0.3) is 5.56 Å². The van der Waals surface area contributed by atoms with Gasteiger partial charge in [-0.15, -0.1) is 0 Å². The molecule has 0 saturated carbocycles. The second kappa shape index (κ2) is 8.15. The molecule has 0 aliphatic rings. The fourth-order valence-corrected chi connectivity index (χ4v) is 2.48. The SMILES string of the molecule is COc1ccc(OCCOC(=O)Cc2n[nH]c(=O)c3ccccc23)cc1. The molecule has 1 heterocycles. The smallest absolute Gasteiger partial charge is 0.312 e. The first kappa shape index (κ1) is 17.5. The van der Waals surface area contributed by atoms with Crippen molar-refractivity contribution in [2.45, 2.75) is 6.42 Å². The Balaban J connectivity index is 1.51. The molecule has 0 saturated heterocycles. The van der Waals surface area contributed by atoms with Gasteiger partial charge in [0.05, 0.1) is 24.6 Å². The van der Waals surface area contributed by atoms with Crippen molar-refractivity contribution in [1.29, 1.82) is 0 Å². The lowest BCUT2D eigenvalue weighted by molar-refractivity contribution is -0.143. The fraction of sp³-hybridized carbons (Fsp3) is 0.211. The van der Waals surface area contributed by atoms with E-state index in [9.17, 15) is 9.59 Å². The summed E-state index contributed by atoms with van der Waals surface area (Å²) in [5.74, 6) is 0.965. The largest absolute Gasteiger partial charge is 0.497 e. The van der Waals surface area contributed by atoms with Crippen LogP contribution < -0.4 is 15.0 Å². The van der Waals surface area contributed by atoms with Gasteiger partial charge in [-0.2, -0.15) is 5.10 Å². The van der Waals surface area contributed by atoms with Crippen molar-refractivity contribution < 1.29 is 19.0 Å². The van der Waals surface area contributed by atoms with Crippen LogP contribution in [0, 0.1) is 0 Å². The second-order valence-corrected chi connectivity index (χ2v) is 5.47. The number of benzene rings is 2. The first-order valence-electron chi connectivity index (χ1n) is 8.06. The zero-order valence-corrected chi connectivity index (χ0v) is 14.2. The van der Waals surface area contributed by atoms with Gasteiger partial charge in [0.2, 0.25) is 0 Å². The number of nitrogens with zero attached hydrogens (tertiary/aromatic N) is 1. The maximum Gasteiger partial charge on any atom is 0.312 e. The molecule has 0 bridgehead atoms. The number of H-pyrrole nitrogens is 1. The van der Waals surface area contributed by atoms with Gasteiger partial charge in [0.15, 0.2) is 0 Å². The topological polar surface area (TPSA) is 90.5 Å². The molecule has 3 aromatic rings. The summed E-state index contributed by atoms with van der Waals surface area (Å²) in [5.41, 5.74) is 0.187. The predicted octanol–water partition coefficient (Wildman–Crippen LogP) is 2.10. The maximum atomic E-state index is 12.0. The molecule has 0 atom stereocenters. The van der Waals surface area contributed by atoms with Crippen LogP contribution >= 0.6 is 0 Å². The number of nitrogens with one attached hydrogen (secondary N) is 1. The normalized spacial score (nSPS) is 10.5. The highest BCUT2D eigenvalue weighted by Gasteiger charge is 2.11. The van der Waals surface area contributed by atoms with Crippen LogP contribution in [0.4, 0.5) is 0 Å². The van der Waals surface area contributed by atoms with Gasteiger partial charge < -0.3 is 14.2 Å². The van der Waals surface area contributed by atoms with Gasteiger partial charge in [-0.3, -0.25) is 9.59 Å². The Morgan fingerprint density at radius 2 is 1.69 bits per heavy atom. The number of fused-ring (bicyclic) bond motifs is 1. The highest BCUT2D eigenvalue weighted by Crippen LogP contribution is 2.17. The van der Waals surface area contributed by atoms with Gasteiger partial charge >= 0.3 is 5.97 Å². The maximum absolute atomic E-state index is 12.0. The third-order valence-corrected chi connectivity index (χ3v) is 3.76. The molecule has 1 aromatic heterocycles. The first-order chi connectivity index (χ1) is 12.7. The summed E-state index contributed by atoms with van der Waals surface area (Å²) in [4.78, 5) is 23.8. The Hall–Kier alpha value is -3.35. The molecule has 26 heavy (non-hydrogen) atoms. The number of ether oxygens (including phenoxy) is 3. The average Bonchev–Trinajstić information content (AvgIpc) is 2.68. The van der Waals surface area contributed by atoms with E-state index in [4.69, 9.17) is 14.2 Å². The zero-order valence-electron chi connectivity index (χ0n) is 14.2. The van der Waals surface area contributed by atoms with Gasteiger partial charge in [0, 0.05) is 5.39 Å². The molecule has 0 aliphatic heterocycles. The van der Waals surface area contributed by atoms with Crippen LogP contribution in [-0.2, 0) is 16.0 Å². The van der Waals surface area contributed by atoms with Crippen molar-refractivity contribution in [3.63, 3.8) is 0 Å². The van der Waals surface area contributed by atoms with Crippen LogP contribution in [0.1, 0.15) is 5.69 Å². The molecule has 0 unspecified atom stereocenters. The Morgan fingerprint density at radius 3 is 2.42 bits per heavy atom. The lowest BCUT2D eigenvalue weighted by atomic mass is 10.1. The third-order valence-electron chi connectivity index (χ3n) is 3.76. The standard InChI is InChI=1S/C19H18N2O5/c1-24-13-6-8-14(9-7-13)25-10-11-26-18(22)12-17-15-4-2-3-5-16(15)19(23)21-20-17/h2-9H,10-12H2,1H3,(H,21,23). The summed E-state index contributed by atoms with van der Waals surface area (Å²) >= 11 is 0. The number of aromatic amines is 1. The van der Waals surface area contributed by atoms with Crippen molar-refractivity contribution in [1.82, 2.24) is 10.2 Å². The summed E-state index contributed by atoms with van der Waals surface area (Å²) in [6.45, 7) is 0.351. The molecule has 0 spiro atoms. The first-order valence-corrected chi connectivity index (χ1v) is 8.06. The highest BCUT2D eigenvalue weighted by atomic mass is 16.6. The predicted molar refractivity (Wildman–Crippen MR) is 95.5 cm³/mol. The van der Waals surface area contributed by atoms with E-state index in [0.29, 0.717) is 22.2 Å². The lowest BCUT2D eigenvalue weighted by Gasteiger charge is -2.08. The van der Waals surface area contributed by atoms with Crippen molar-refractivity contribution in [2.24, 2.45) is 0 Å². The van der Waals surface area contributed by atoms with Crippen LogP contribution in [0.2, 0.25) is 0 Å². The van der Waals surface area contributed by atoms with Crippen LogP contribution in [-0.4, -0.2) is 36.5 Å². The minimum atomic E-state index is -0.437. The lowest BCUT2D eigenvalue weighted by Crippen LogP contribution is -2.17. The van der Waals surface area contributed by atoms with Crippen molar-refractivity contribution >= 4 is 16.7 Å².